The van der Waals surface area contributed by atoms with Crippen molar-refractivity contribution >= 4 is 27.5 Å². The van der Waals surface area contributed by atoms with Crippen LogP contribution in [0.25, 0.3) is 0 Å². The molecule has 4 aromatic carbocycles. The number of pyridine rings is 1. The number of aliphatic hydroxyl groups is 1. The van der Waals surface area contributed by atoms with Gasteiger partial charge in [-0.05, 0) is 53.1 Å². The van der Waals surface area contributed by atoms with Gasteiger partial charge in [-0.2, -0.15) is 0 Å². The zero-order chi connectivity index (χ0) is 30.4. The number of aromatic nitrogens is 1. The average molecular weight is 625 g/mol. The molecule has 1 aliphatic rings. The number of hydrogen-bond acceptors (Lipinski definition) is 7. The highest BCUT2D eigenvalue weighted by Crippen LogP contribution is 2.48. The van der Waals surface area contributed by atoms with Crippen LogP contribution in [-0.4, -0.2) is 30.4 Å². The average Bonchev–Trinajstić information content (AvgIpc) is 3.08. The summed E-state index contributed by atoms with van der Waals surface area (Å²) in [7, 11) is -3.78. The van der Waals surface area contributed by atoms with Crippen molar-refractivity contribution < 1.29 is 23.0 Å². The Balaban J connectivity index is 1.35. The van der Waals surface area contributed by atoms with E-state index in [9.17, 15) is 13.5 Å². The molecule has 2 heterocycles. The predicted molar refractivity (Wildman–Crippen MR) is 172 cm³/mol. The quantitative estimate of drug-likeness (QED) is 0.160. The Morgan fingerprint density at radius 3 is 2.16 bits per heavy atom. The van der Waals surface area contributed by atoms with Gasteiger partial charge in [-0.15, -0.1) is 11.8 Å². The molecule has 44 heavy (non-hydrogen) atoms. The van der Waals surface area contributed by atoms with E-state index < -0.39 is 16.3 Å². The lowest BCUT2D eigenvalue weighted by atomic mass is 9.84. The van der Waals surface area contributed by atoms with E-state index in [0.717, 1.165) is 21.7 Å². The fourth-order valence-corrected chi connectivity index (χ4v) is 7.32. The lowest BCUT2D eigenvalue weighted by Gasteiger charge is -2.43. The van der Waals surface area contributed by atoms with E-state index in [4.69, 9.17) is 9.47 Å². The van der Waals surface area contributed by atoms with Gasteiger partial charge in [-0.1, -0.05) is 91.0 Å². The lowest BCUT2D eigenvalue weighted by Crippen LogP contribution is -2.38. The van der Waals surface area contributed by atoms with E-state index in [1.165, 1.54) is 0 Å². The molecule has 2 N–H and O–H groups in total. The standard InChI is InChI=1S/C35H32N2O5S2/c38-23-25-17-19-27(20-18-25)34-33(26-10-3-1-4-11-26)31(24-43-32-16-7-8-21-36-32)41-35(42-34)28-12-9-13-29(22-28)37-44(39,40)30-14-5-2-6-15-30/h1-22,31,33-35,37-38H,23-24H2/t31-,33-,34+,35?/m1/s1. The Kier molecular flexibility index (Phi) is 9.40. The highest BCUT2D eigenvalue weighted by molar-refractivity contribution is 7.99. The van der Waals surface area contributed by atoms with E-state index >= 15 is 0 Å². The summed E-state index contributed by atoms with van der Waals surface area (Å²) in [6.07, 6.45) is 0.337. The summed E-state index contributed by atoms with van der Waals surface area (Å²) in [5, 5.41) is 10.5. The van der Waals surface area contributed by atoms with Crippen LogP contribution in [0.5, 0.6) is 0 Å². The fraction of sp³-hybridized carbons (Fsp3) is 0.171. The van der Waals surface area contributed by atoms with Gasteiger partial charge in [-0.3, -0.25) is 4.72 Å². The summed E-state index contributed by atoms with van der Waals surface area (Å²) in [6, 6.07) is 39.2. The van der Waals surface area contributed by atoms with Gasteiger partial charge >= 0.3 is 0 Å². The number of nitrogens with zero attached hydrogens (tertiary/aromatic N) is 1. The van der Waals surface area contributed by atoms with Crippen LogP contribution in [-0.2, 0) is 26.1 Å². The van der Waals surface area contributed by atoms with Crippen molar-refractivity contribution in [1.82, 2.24) is 4.98 Å². The molecule has 1 aliphatic heterocycles. The number of anilines is 1. The van der Waals surface area contributed by atoms with Crippen molar-refractivity contribution in [3.05, 3.63) is 156 Å². The fourth-order valence-electron chi connectivity index (χ4n) is 5.31. The van der Waals surface area contributed by atoms with Crippen molar-refractivity contribution in [2.24, 2.45) is 0 Å². The van der Waals surface area contributed by atoms with Crippen LogP contribution in [0.4, 0.5) is 5.69 Å². The lowest BCUT2D eigenvalue weighted by molar-refractivity contribution is -0.255. The predicted octanol–water partition coefficient (Wildman–Crippen LogP) is 7.11. The Labute approximate surface area is 262 Å². The summed E-state index contributed by atoms with van der Waals surface area (Å²) in [5.41, 5.74) is 3.95. The normalized spacial score (nSPS) is 20.2. The zero-order valence-electron chi connectivity index (χ0n) is 23.8. The molecule has 4 atom stereocenters. The van der Waals surface area contributed by atoms with Crippen LogP contribution in [0.15, 0.2) is 144 Å². The molecule has 7 nitrogen and oxygen atoms in total. The Morgan fingerprint density at radius 2 is 1.45 bits per heavy atom. The Morgan fingerprint density at radius 1 is 0.750 bits per heavy atom. The monoisotopic (exact) mass is 624 g/mol. The van der Waals surface area contributed by atoms with E-state index in [-0.39, 0.29) is 29.6 Å². The van der Waals surface area contributed by atoms with Crippen LogP contribution in [0.2, 0.25) is 0 Å². The smallest absolute Gasteiger partial charge is 0.261 e. The molecule has 0 spiro atoms. The number of hydrogen-bond donors (Lipinski definition) is 2. The molecule has 9 heteroatoms. The number of ether oxygens (including phenoxy) is 2. The van der Waals surface area contributed by atoms with Crippen molar-refractivity contribution in [2.45, 2.75) is 40.9 Å². The van der Waals surface area contributed by atoms with Gasteiger partial charge < -0.3 is 14.6 Å². The van der Waals surface area contributed by atoms with Crippen molar-refractivity contribution in [3.8, 4) is 0 Å². The first-order valence-corrected chi connectivity index (χ1v) is 16.7. The van der Waals surface area contributed by atoms with Crippen molar-refractivity contribution in [2.75, 3.05) is 10.5 Å². The van der Waals surface area contributed by atoms with Crippen LogP contribution in [0.3, 0.4) is 0 Å². The van der Waals surface area contributed by atoms with Gasteiger partial charge in [0.1, 0.15) is 0 Å². The van der Waals surface area contributed by atoms with Gasteiger partial charge in [-0.25, -0.2) is 13.4 Å². The molecule has 0 bridgehead atoms. The number of benzene rings is 4. The third-order valence-electron chi connectivity index (χ3n) is 7.47. The first-order chi connectivity index (χ1) is 21.5. The molecule has 0 saturated carbocycles. The molecule has 1 aromatic heterocycles. The number of nitrogens with one attached hydrogen (secondary N) is 1. The summed E-state index contributed by atoms with van der Waals surface area (Å²) in [6.45, 7) is -0.0469. The van der Waals surface area contributed by atoms with Crippen molar-refractivity contribution in [3.63, 3.8) is 0 Å². The van der Waals surface area contributed by atoms with Gasteiger partial charge in [0.2, 0.25) is 0 Å². The molecular weight excluding hydrogens is 593 g/mol. The van der Waals surface area contributed by atoms with Crippen LogP contribution >= 0.6 is 11.8 Å². The second-order valence-corrected chi connectivity index (χ2v) is 13.1. The largest absolute Gasteiger partial charge is 0.392 e. The number of rotatable bonds is 10. The molecule has 5 aromatic rings. The first-order valence-electron chi connectivity index (χ1n) is 14.3. The molecule has 0 radical (unpaired) electrons. The van der Waals surface area contributed by atoms with Gasteiger partial charge in [0.15, 0.2) is 6.29 Å². The molecular formula is C35H32N2O5S2. The topological polar surface area (TPSA) is 97.8 Å². The summed E-state index contributed by atoms with van der Waals surface area (Å²) >= 11 is 1.62. The Hall–Kier alpha value is -3.99. The third-order valence-corrected chi connectivity index (χ3v) is 9.90. The maximum atomic E-state index is 13.1. The molecule has 0 aliphatic carbocycles. The van der Waals surface area contributed by atoms with Gasteiger partial charge in [0.25, 0.3) is 10.0 Å². The van der Waals surface area contributed by atoms with Crippen LogP contribution in [0.1, 0.15) is 40.6 Å². The van der Waals surface area contributed by atoms with Gasteiger partial charge in [0.05, 0.1) is 28.7 Å². The van der Waals surface area contributed by atoms with Gasteiger partial charge in [0, 0.05) is 29.1 Å². The maximum Gasteiger partial charge on any atom is 0.261 e. The molecule has 224 valence electrons. The molecule has 1 saturated heterocycles. The third kappa shape index (κ3) is 7.04. The van der Waals surface area contributed by atoms with Crippen LogP contribution in [0, 0.1) is 0 Å². The minimum Gasteiger partial charge on any atom is -0.392 e. The highest BCUT2D eigenvalue weighted by atomic mass is 32.2. The van der Waals surface area contributed by atoms with E-state index in [0.29, 0.717) is 17.0 Å². The Bertz CT molecular complexity index is 1760. The minimum absolute atomic E-state index is 0.0469. The molecule has 1 unspecified atom stereocenters. The van der Waals surface area contributed by atoms with Crippen LogP contribution < -0.4 is 4.72 Å². The number of thioether (sulfide) groups is 1. The van der Waals surface area contributed by atoms with Crippen molar-refractivity contribution in [1.29, 1.82) is 0 Å². The SMILES string of the molecule is O=S(=O)(Nc1cccc(C2O[C@H](CSc3ccccn3)[C@@H](c3ccccc3)[C@H](c3ccc(CO)cc3)O2)c1)c1ccccc1. The summed E-state index contributed by atoms with van der Waals surface area (Å²) in [4.78, 5) is 4.67. The molecule has 6 rings (SSSR count). The second kappa shape index (κ2) is 13.8. The highest BCUT2D eigenvalue weighted by Gasteiger charge is 2.42. The van der Waals surface area contributed by atoms with E-state index in [2.05, 4.69) is 21.8 Å². The zero-order valence-corrected chi connectivity index (χ0v) is 25.4. The molecule has 0 amide bonds. The minimum atomic E-state index is -3.78. The number of sulfonamides is 1. The first kappa shape index (κ1) is 30.1. The summed E-state index contributed by atoms with van der Waals surface area (Å²) < 4.78 is 42.3. The number of aliphatic hydroxyl groups excluding tert-OH is 1. The van der Waals surface area contributed by atoms with E-state index in [1.807, 2.05) is 66.7 Å². The summed E-state index contributed by atoms with van der Waals surface area (Å²) in [5.74, 6) is 0.463. The second-order valence-electron chi connectivity index (χ2n) is 10.4. The maximum absolute atomic E-state index is 13.1. The van der Waals surface area contributed by atoms with E-state index in [1.54, 1.807) is 66.5 Å². The molecule has 1 fully saturated rings.